The van der Waals surface area contributed by atoms with Gasteiger partial charge in [-0.2, -0.15) is 13.2 Å². The lowest BCUT2D eigenvalue weighted by Crippen LogP contribution is -2.26. The van der Waals surface area contributed by atoms with Crippen molar-refractivity contribution in [3.63, 3.8) is 0 Å². The second-order valence-electron chi connectivity index (χ2n) is 7.24. The Labute approximate surface area is 171 Å². The first-order valence-corrected chi connectivity index (χ1v) is 10.4. The van der Waals surface area contributed by atoms with Crippen molar-refractivity contribution in [2.24, 2.45) is 5.92 Å². The van der Waals surface area contributed by atoms with Crippen LogP contribution in [0.5, 0.6) is 0 Å². The Morgan fingerprint density at radius 2 is 2.00 bits per heavy atom. The Bertz CT molecular complexity index is 848. The number of furan rings is 1. The van der Waals surface area contributed by atoms with Crippen LogP contribution in [0, 0.1) is 5.92 Å². The minimum atomic E-state index is -4.54. The summed E-state index contributed by atoms with van der Waals surface area (Å²) in [6.07, 6.45) is -2.68. The van der Waals surface area contributed by atoms with E-state index in [4.69, 9.17) is 4.42 Å². The third-order valence-electron chi connectivity index (χ3n) is 4.31. The van der Waals surface area contributed by atoms with Crippen molar-refractivity contribution in [1.82, 2.24) is 15.3 Å². The van der Waals surface area contributed by atoms with E-state index in [0.29, 0.717) is 37.1 Å². The van der Waals surface area contributed by atoms with E-state index in [1.165, 1.54) is 0 Å². The molecule has 1 aliphatic rings. The maximum absolute atomic E-state index is 13.2. The lowest BCUT2D eigenvalue weighted by Gasteiger charge is -2.18. The molecule has 0 bridgehead atoms. The number of alkyl halides is 3. The summed E-state index contributed by atoms with van der Waals surface area (Å²) in [6.45, 7) is 5.86. The molecule has 1 fully saturated rings. The van der Waals surface area contributed by atoms with E-state index in [-0.39, 0.29) is 22.6 Å². The Balaban J connectivity index is 1.70. The number of nitrogens with zero attached hydrogens (tertiary/aromatic N) is 3. The number of amides is 1. The molecule has 0 radical (unpaired) electrons. The molecule has 0 saturated carbocycles. The number of thioether (sulfide) groups is 1. The summed E-state index contributed by atoms with van der Waals surface area (Å²) in [6, 6.07) is 4.18. The Morgan fingerprint density at radius 1 is 1.28 bits per heavy atom. The third kappa shape index (κ3) is 5.88. The van der Waals surface area contributed by atoms with Crippen molar-refractivity contribution in [3.05, 3.63) is 35.4 Å². The first kappa shape index (κ1) is 21.5. The molecule has 6 nitrogen and oxygen atoms in total. The van der Waals surface area contributed by atoms with Crippen molar-refractivity contribution in [2.45, 2.75) is 43.8 Å². The van der Waals surface area contributed by atoms with Gasteiger partial charge in [0.25, 0.3) is 5.91 Å². The summed E-state index contributed by atoms with van der Waals surface area (Å²) in [5.41, 5.74) is -0.954. The van der Waals surface area contributed by atoms with Gasteiger partial charge in [-0.05, 0) is 30.9 Å². The molecular weight excluding hydrogens is 405 g/mol. The number of halogens is 3. The van der Waals surface area contributed by atoms with Gasteiger partial charge in [-0.3, -0.25) is 4.79 Å². The SMILES string of the molecule is CC(C)CNC(=O)c1ccc(CSc2nc(N3CCCC3)cc(C(F)(F)F)n2)o1. The van der Waals surface area contributed by atoms with E-state index >= 15 is 0 Å². The first-order chi connectivity index (χ1) is 13.7. The van der Waals surface area contributed by atoms with Crippen LogP contribution in [0.3, 0.4) is 0 Å². The summed E-state index contributed by atoms with van der Waals surface area (Å²) in [5, 5.41) is 2.79. The maximum atomic E-state index is 13.2. The second kappa shape index (κ2) is 9.06. The van der Waals surface area contributed by atoms with Gasteiger partial charge in [-0.25, -0.2) is 9.97 Å². The number of rotatable bonds is 7. The maximum Gasteiger partial charge on any atom is 0.433 e. The van der Waals surface area contributed by atoms with Crippen LogP contribution in [-0.2, 0) is 11.9 Å². The average Bonchev–Trinajstić information content (AvgIpc) is 3.35. The average molecular weight is 428 g/mol. The molecule has 3 rings (SSSR count). The molecule has 0 aromatic carbocycles. The van der Waals surface area contributed by atoms with Crippen molar-refractivity contribution in [3.8, 4) is 0 Å². The van der Waals surface area contributed by atoms with Gasteiger partial charge in [0.05, 0.1) is 5.75 Å². The number of carbonyl (C=O) groups excluding carboxylic acids is 1. The summed E-state index contributed by atoms with van der Waals surface area (Å²) >= 11 is 1.05. The Kier molecular flexibility index (Phi) is 6.71. The van der Waals surface area contributed by atoms with Gasteiger partial charge >= 0.3 is 6.18 Å². The van der Waals surface area contributed by atoms with Crippen LogP contribution >= 0.6 is 11.8 Å². The molecule has 1 saturated heterocycles. The van der Waals surface area contributed by atoms with E-state index in [2.05, 4.69) is 15.3 Å². The van der Waals surface area contributed by atoms with Gasteiger partial charge in [0, 0.05) is 25.7 Å². The molecule has 1 aliphatic heterocycles. The molecule has 0 aliphatic carbocycles. The van der Waals surface area contributed by atoms with Gasteiger partial charge in [-0.15, -0.1) is 0 Å². The first-order valence-electron chi connectivity index (χ1n) is 9.43. The highest BCUT2D eigenvalue weighted by atomic mass is 32.2. The van der Waals surface area contributed by atoms with Crippen LogP contribution in [0.2, 0.25) is 0 Å². The topological polar surface area (TPSA) is 71.3 Å². The molecule has 3 heterocycles. The predicted octanol–water partition coefficient (Wildman–Crippen LogP) is 4.37. The lowest BCUT2D eigenvalue weighted by molar-refractivity contribution is -0.141. The molecule has 29 heavy (non-hydrogen) atoms. The Morgan fingerprint density at radius 3 is 2.66 bits per heavy atom. The van der Waals surface area contributed by atoms with E-state index in [9.17, 15) is 18.0 Å². The zero-order valence-corrected chi connectivity index (χ0v) is 17.1. The molecule has 1 N–H and O–H groups in total. The highest BCUT2D eigenvalue weighted by Gasteiger charge is 2.34. The van der Waals surface area contributed by atoms with E-state index in [1.54, 1.807) is 12.1 Å². The molecule has 1 amide bonds. The number of hydrogen-bond acceptors (Lipinski definition) is 6. The van der Waals surface area contributed by atoms with Crippen molar-refractivity contribution >= 4 is 23.5 Å². The molecule has 2 aromatic heterocycles. The highest BCUT2D eigenvalue weighted by molar-refractivity contribution is 7.98. The third-order valence-corrected chi connectivity index (χ3v) is 5.18. The normalized spacial score (nSPS) is 14.6. The van der Waals surface area contributed by atoms with Crippen LogP contribution in [-0.4, -0.2) is 35.5 Å². The smallest absolute Gasteiger partial charge is 0.433 e. The molecule has 0 spiro atoms. The molecule has 0 atom stereocenters. The molecule has 158 valence electrons. The van der Waals surface area contributed by atoms with E-state index < -0.39 is 11.9 Å². The van der Waals surface area contributed by atoms with Crippen molar-refractivity contribution < 1.29 is 22.4 Å². The summed E-state index contributed by atoms with van der Waals surface area (Å²) in [4.78, 5) is 21.8. The monoisotopic (exact) mass is 428 g/mol. The summed E-state index contributed by atoms with van der Waals surface area (Å²) < 4.78 is 45.2. The minimum absolute atomic E-state index is 0.0314. The zero-order chi connectivity index (χ0) is 21.0. The fourth-order valence-corrected chi connectivity index (χ4v) is 3.58. The van der Waals surface area contributed by atoms with Gasteiger partial charge in [0.2, 0.25) is 0 Å². The van der Waals surface area contributed by atoms with Gasteiger partial charge in [0.1, 0.15) is 11.6 Å². The van der Waals surface area contributed by atoms with Crippen LogP contribution < -0.4 is 10.2 Å². The molecular formula is C19H23F3N4O2S. The highest BCUT2D eigenvalue weighted by Crippen LogP contribution is 2.33. The Hall–Kier alpha value is -2.23. The van der Waals surface area contributed by atoms with Crippen LogP contribution in [0.15, 0.2) is 27.8 Å². The molecule has 0 unspecified atom stereocenters. The fourth-order valence-electron chi connectivity index (χ4n) is 2.83. The van der Waals surface area contributed by atoms with E-state index in [0.717, 1.165) is 30.7 Å². The van der Waals surface area contributed by atoms with Crippen LogP contribution in [0.25, 0.3) is 0 Å². The predicted molar refractivity (Wildman–Crippen MR) is 104 cm³/mol. The summed E-state index contributed by atoms with van der Waals surface area (Å²) in [7, 11) is 0. The lowest BCUT2D eigenvalue weighted by atomic mass is 10.2. The number of hydrogen-bond donors (Lipinski definition) is 1. The van der Waals surface area contributed by atoms with E-state index in [1.807, 2.05) is 18.7 Å². The summed E-state index contributed by atoms with van der Waals surface area (Å²) in [5.74, 6) is 1.14. The molecule has 10 heteroatoms. The van der Waals surface area contributed by atoms with Gasteiger partial charge in [-0.1, -0.05) is 25.6 Å². The quantitative estimate of drug-likeness (QED) is 0.522. The fraction of sp³-hybridized carbons (Fsp3) is 0.526. The van der Waals surface area contributed by atoms with Crippen LogP contribution in [0.4, 0.5) is 19.0 Å². The standard InChI is InChI=1S/C19H23F3N4O2S/c1-12(2)10-23-17(27)14-6-5-13(28-14)11-29-18-24-15(19(20,21)22)9-16(25-18)26-7-3-4-8-26/h5-6,9,12H,3-4,7-8,10-11H2,1-2H3,(H,23,27). The number of anilines is 1. The zero-order valence-electron chi connectivity index (χ0n) is 16.3. The van der Waals surface area contributed by atoms with Crippen molar-refractivity contribution in [1.29, 1.82) is 0 Å². The van der Waals surface area contributed by atoms with Crippen molar-refractivity contribution in [2.75, 3.05) is 24.5 Å². The van der Waals surface area contributed by atoms with Gasteiger partial charge < -0.3 is 14.6 Å². The minimum Gasteiger partial charge on any atom is -0.455 e. The number of aromatic nitrogens is 2. The number of carbonyl (C=O) groups is 1. The van der Waals surface area contributed by atoms with Crippen LogP contribution in [0.1, 0.15) is 48.7 Å². The molecule has 2 aromatic rings. The second-order valence-corrected chi connectivity index (χ2v) is 8.19. The largest absolute Gasteiger partial charge is 0.455 e. The number of nitrogens with one attached hydrogen (secondary N) is 1. The van der Waals surface area contributed by atoms with Gasteiger partial charge in [0.15, 0.2) is 16.6 Å².